The number of pyridine rings is 1. The molecule has 1 amide bonds. The highest BCUT2D eigenvalue weighted by molar-refractivity contribution is 5.94. The summed E-state index contributed by atoms with van der Waals surface area (Å²) < 4.78 is 4.62. The minimum absolute atomic E-state index is 0.0559. The first-order valence-corrected chi connectivity index (χ1v) is 7.50. The molecule has 0 saturated heterocycles. The number of rotatable bonds is 7. The maximum atomic E-state index is 12.7. The van der Waals surface area contributed by atoms with Crippen molar-refractivity contribution in [3.8, 4) is 0 Å². The first-order valence-electron chi connectivity index (χ1n) is 7.50. The second kappa shape index (κ2) is 8.53. The number of nitrogens with zero attached hydrogens (tertiary/aromatic N) is 3. The predicted molar refractivity (Wildman–Crippen MR) is 88.7 cm³/mol. The quantitative estimate of drug-likeness (QED) is 0.434. The van der Waals surface area contributed by atoms with E-state index in [1.165, 1.54) is 36.3 Å². The Balaban J connectivity index is 2.18. The van der Waals surface area contributed by atoms with Crippen molar-refractivity contribution in [3.63, 3.8) is 0 Å². The van der Waals surface area contributed by atoms with Crippen LogP contribution < -0.4 is 0 Å². The Morgan fingerprint density at radius 1 is 1.16 bits per heavy atom. The van der Waals surface area contributed by atoms with E-state index in [0.717, 1.165) is 5.56 Å². The van der Waals surface area contributed by atoms with E-state index in [1.54, 1.807) is 24.5 Å². The molecule has 0 bridgehead atoms. The smallest absolute Gasteiger partial charge is 0.307 e. The van der Waals surface area contributed by atoms with Crippen molar-refractivity contribution in [2.75, 3.05) is 13.7 Å². The number of aromatic nitrogens is 1. The second-order valence-corrected chi connectivity index (χ2v) is 5.21. The van der Waals surface area contributed by atoms with Crippen LogP contribution in [0.4, 0.5) is 5.69 Å². The highest BCUT2D eigenvalue weighted by Crippen LogP contribution is 2.15. The summed E-state index contributed by atoms with van der Waals surface area (Å²) in [6.45, 7) is 0.458. The number of nitro groups is 1. The standard InChI is InChI=1S/C17H17N3O5/c1-25-16(21)8-11-19(12-13-6-9-18-10-7-13)17(22)14-2-4-15(5-3-14)20(23)24/h2-7,9-10H,8,11-12H2,1H3. The van der Waals surface area contributed by atoms with E-state index in [0.29, 0.717) is 5.56 Å². The first kappa shape index (κ1) is 18.1. The third-order valence-electron chi connectivity index (χ3n) is 3.55. The van der Waals surface area contributed by atoms with E-state index in [9.17, 15) is 19.7 Å². The Morgan fingerprint density at radius 2 is 1.80 bits per heavy atom. The van der Waals surface area contributed by atoms with Gasteiger partial charge in [0.25, 0.3) is 11.6 Å². The van der Waals surface area contributed by atoms with Crippen LogP contribution in [0.2, 0.25) is 0 Å². The zero-order valence-corrected chi connectivity index (χ0v) is 13.6. The lowest BCUT2D eigenvalue weighted by molar-refractivity contribution is -0.384. The van der Waals surface area contributed by atoms with E-state index in [4.69, 9.17) is 0 Å². The number of nitro benzene ring substituents is 1. The van der Waals surface area contributed by atoms with Crippen molar-refractivity contribution < 1.29 is 19.2 Å². The molecular weight excluding hydrogens is 326 g/mol. The molecule has 130 valence electrons. The van der Waals surface area contributed by atoms with Gasteiger partial charge in [0.1, 0.15) is 0 Å². The molecule has 0 aliphatic carbocycles. The SMILES string of the molecule is COC(=O)CCN(Cc1ccncc1)C(=O)c1ccc([N+](=O)[O-])cc1. The number of esters is 1. The zero-order valence-electron chi connectivity index (χ0n) is 13.6. The van der Waals surface area contributed by atoms with Gasteiger partial charge in [0.05, 0.1) is 18.5 Å². The van der Waals surface area contributed by atoms with Crippen LogP contribution in [0.15, 0.2) is 48.8 Å². The molecule has 2 rings (SSSR count). The molecule has 0 saturated carbocycles. The molecular formula is C17H17N3O5. The molecule has 0 unspecified atom stereocenters. The van der Waals surface area contributed by atoms with Crippen LogP contribution in [0.3, 0.4) is 0 Å². The van der Waals surface area contributed by atoms with E-state index in [2.05, 4.69) is 9.72 Å². The molecule has 0 aliphatic rings. The molecule has 25 heavy (non-hydrogen) atoms. The lowest BCUT2D eigenvalue weighted by Crippen LogP contribution is -2.32. The first-order chi connectivity index (χ1) is 12.0. The van der Waals surface area contributed by atoms with E-state index >= 15 is 0 Å². The summed E-state index contributed by atoms with van der Waals surface area (Å²) in [5.41, 5.74) is 1.08. The van der Waals surface area contributed by atoms with Crippen LogP contribution in [-0.2, 0) is 16.1 Å². The fraction of sp³-hybridized carbons (Fsp3) is 0.235. The topological polar surface area (TPSA) is 103 Å². The normalized spacial score (nSPS) is 10.1. The molecule has 8 heteroatoms. The summed E-state index contributed by atoms with van der Waals surface area (Å²) in [5, 5.41) is 10.7. The van der Waals surface area contributed by atoms with Gasteiger partial charge >= 0.3 is 5.97 Å². The summed E-state index contributed by atoms with van der Waals surface area (Å²) >= 11 is 0. The van der Waals surface area contributed by atoms with Gasteiger partial charge in [-0.2, -0.15) is 0 Å². The molecule has 0 radical (unpaired) electrons. The van der Waals surface area contributed by atoms with Crippen LogP contribution in [0.25, 0.3) is 0 Å². The molecule has 0 aliphatic heterocycles. The Hall–Kier alpha value is -3.29. The fourth-order valence-corrected chi connectivity index (χ4v) is 2.20. The molecule has 1 aromatic carbocycles. The molecule has 0 spiro atoms. The number of carbonyl (C=O) groups is 2. The summed E-state index contributed by atoms with van der Waals surface area (Å²) in [6, 6.07) is 8.90. The van der Waals surface area contributed by atoms with E-state index < -0.39 is 10.9 Å². The van der Waals surface area contributed by atoms with Crippen LogP contribution >= 0.6 is 0 Å². The van der Waals surface area contributed by atoms with Gasteiger partial charge in [-0.3, -0.25) is 24.7 Å². The maximum Gasteiger partial charge on any atom is 0.307 e. The van der Waals surface area contributed by atoms with Gasteiger partial charge in [-0.05, 0) is 29.8 Å². The second-order valence-electron chi connectivity index (χ2n) is 5.21. The molecule has 0 fully saturated rings. The van der Waals surface area contributed by atoms with Gasteiger partial charge in [0.15, 0.2) is 0 Å². The third kappa shape index (κ3) is 5.10. The monoisotopic (exact) mass is 343 g/mol. The average molecular weight is 343 g/mol. The summed E-state index contributed by atoms with van der Waals surface area (Å²) in [4.78, 5) is 39.7. The number of amides is 1. The minimum Gasteiger partial charge on any atom is -0.469 e. The Bertz CT molecular complexity index is 747. The van der Waals surface area contributed by atoms with Crippen LogP contribution in [0, 0.1) is 10.1 Å². The molecule has 0 atom stereocenters. The number of carbonyl (C=O) groups excluding carboxylic acids is 2. The van der Waals surface area contributed by atoms with Gasteiger partial charge < -0.3 is 9.64 Å². The molecule has 1 heterocycles. The van der Waals surface area contributed by atoms with Gasteiger partial charge in [0.2, 0.25) is 0 Å². The maximum absolute atomic E-state index is 12.7. The number of non-ortho nitro benzene ring substituents is 1. The Labute approximate surface area is 144 Å². The largest absolute Gasteiger partial charge is 0.469 e. The van der Waals surface area contributed by atoms with E-state index in [1.807, 2.05) is 0 Å². The van der Waals surface area contributed by atoms with Gasteiger partial charge in [0, 0.05) is 43.2 Å². The van der Waals surface area contributed by atoms with Crippen molar-refractivity contribution in [1.82, 2.24) is 9.88 Å². The number of methoxy groups -OCH3 is 1. The number of ether oxygens (including phenoxy) is 1. The zero-order chi connectivity index (χ0) is 18.2. The van der Waals surface area contributed by atoms with Crippen molar-refractivity contribution in [2.45, 2.75) is 13.0 Å². The highest BCUT2D eigenvalue weighted by Gasteiger charge is 2.18. The lowest BCUT2D eigenvalue weighted by Gasteiger charge is -2.22. The molecule has 1 aromatic heterocycles. The van der Waals surface area contributed by atoms with Crippen LogP contribution in [0.5, 0.6) is 0 Å². The van der Waals surface area contributed by atoms with E-state index in [-0.39, 0.29) is 31.1 Å². The number of benzene rings is 1. The minimum atomic E-state index is -0.528. The van der Waals surface area contributed by atoms with Crippen molar-refractivity contribution in [1.29, 1.82) is 0 Å². The summed E-state index contributed by atoms with van der Waals surface area (Å²) in [5.74, 6) is -0.744. The van der Waals surface area contributed by atoms with Crippen molar-refractivity contribution in [2.24, 2.45) is 0 Å². The Kier molecular flexibility index (Phi) is 6.16. The van der Waals surface area contributed by atoms with Gasteiger partial charge in [-0.1, -0.05) is 0 Å². The molecule has 8 nitrogen and oxygen atoms in total. The molecule has 0 N–H and O–H groups in total. The predicted octanol–water partition coefficient (Wildman–Crippen LogP) is 2.20. The highest BCUT2D eigenvalue weighted by atomic mass is 16.6. The van der Waals surface area contributed by atoms with Crippen molar-refractivity contribution in [3.05, 3.63) is 70.0 Å². The number of hydrogen-bond acceptors (Lipinski definition) is 6. The average Bonchev–Trinajstić information content (AvgIpc) is 2.65. The summed E-state index contributed by atoms with van der Waals surface area (Å²) in [6.07, 6.45) is 3.29. The third-order valence-corrected chi connectivity index (χ3v) is 3.55. The van der Waals surface area contributed by atoms with Crippen LogP contribution in [-0.4, -0.2) is 40.3 Å². The van der Waals surface area contributed by atoms with Gasteiger partial charge in [-0.25, -0.2) is 0 Å². The van der Waals surface area contributed by atoms with Gasteiger partial charge in [-0.15, -0.1) is 0 Å². The van der Waals surface area contributed by atoms with Crippen molar-refractivity contribution >= 4 is 17.6 Å². The van der Waals surface area contributed by atoms with Crippen LogP contribution in [0.1, 0.15) is 22.3 Å². The fourth-order valence-electron chi connectivity index (χ4n) is 2.20. The summed E-state index contributed by atoms with van der Waals surface area (Å²) in [7, 11) is 1.29. The lowest BCUT2D eigenvalue weighted by atomic mass is 10.1. The Morgan fingerprint density at radius 3 is 2.36 bits per heavy atom. The number of hydrogen-bond donors (Lipinski definition) is 0. The molecule has 2 aromatic rings.